The van der Waals surface area contributed by atoms with Crippen LogP contribution in [0.25, 0.3) is 0 Å². The number of halogens is 1. The zero-order valence-corrected chi connectivity index (χ0v) is 13.3. The average molecular weight is 311 g/mol. The van der Waals surface area contributed by atoms with Gasteiger partial charge in [0.15, 0.2) is 6.10 Å². The molecule has 1 N–H and O–H groups in total. The molecule has 0 aromatic heterocycles. The van der Waals surface area contributed by atoms with Crippen LogP contribution in [0.1, 0.15) is 27.2 Å². The number of hydrogen-bond acceptors (Lipinski definition) is 4. The van der Waals surface area contributed by atoms with Crippen molar-refractivity contribution in [3.63, 3.8) is 0 Å². The first-order chi connectivity index (χ1) is 10.3. The van der Waals surface area contributed by atoms with Gasteiger partial charge in [-0.2, -0.15) is 0 Å². The first-order valence-electron chi connectivity index (χ1n) is 7.14. The van der Waals surface area contributed by atoms with E-state index in [9.17, 15) is 14.0 Å². The molecule has 22 heavy (non-hydrogen) atoms. The first-order valence-corrected chi connectivity index (χ1v) is 7.14. The normalized spacial score (nSPS) is 13.4. The van der Waals surface area contributed by atoms with Gasteiger partial charge in [-0.1, -0.05) is 13.8 Å². The summed E-state index contributed by atoms with van der Waals surface area (Å²) in [6.45, 7) is 5.45. The van der Waals surface area contributed by atoms with Gasteiger partial charge < -0.3 is 14.8 Å². The first kappa shape index (κ1) is 17.9. The lowest BCUT2D eigenvalue weighted by Gasteiger charge is -2.21. The topological polar surface area (TPSA) is 64.6 Å². The maximum absolute atomic E-state index is 12.8. The van der Waals surface area contributed by atoms with E-state index in [2.05, 4.69) is 10.1 Å². The Hall–Kier alpha value is -2.11. The molecule has 0 saturated carbocycles. The Labute approximate surface area is 129 Å². The Balaban J connectivity index is 2.64. The highest BCUT2D eigenvalue weighted by molar-refractivity contribution is 5.86. The number of benzene rings is 1. The summed E-state index contributed by atoms with van der Waals surface area (Å²) in [5.41, 5.74) is 0. The van der Waals surface area contributed by atoms with Crippen molar-refractivity contribution >= 4 is 11.9 Å². The van der Waals surface area contributed by atoms with Crippen LogP contribution in [-0.4, -0.2) is 31.1 Å². The van der Waals surface area contributed by atoms with Crippen molar-refractivity contribution < 1.29 is 23.5 Å². The van der Waals surface area contributed by atoms with Crippen LogP contribution in [0.5, 0.6) is 5.75 Å². The number of nitrogens with one attached hydrogen (secondary N) is 1. The third-order valence-corrected chi connectivity index (χ3v) is 3.01. The molecule has 0 heterocycles. The Morgan fingerprint density at radius 3 is 2.27 bits per heavy atom. The standard InChI is InChI=1S/C16H22FNO4/c1-10(2)9-14(16(20)21-4)18-15(19)11(3)22-13-7-5-12(17)6-8-13/h5-8,10-11,14H,9H2,1-4H3,(H,18,19)/t11-,14-/m0/s1. The van der Waals surface area contributed by atoms with Gasteiger partial charge in [-0.15, -0.1) is 0 Å². The lowest BCUT2D eigenvalue weighted by molar-refractivity contribution is -0.146. The van der Waals surface area contributed by atoms with Crippen molar-refractivity contribution in [2.75, 3.05) is 7.11 Å². The van der Waals surface area contributed by atoms with E-state index < -0.39 is 24.0 Å². The zero-order valence-electron chi connectivity index (χ0n) is 13.3. The number of carbonyl (C=O) groups is 2. The molecule has 0 fully saturated rings. The predicted octanol–water partition coefficient (Wildman–Crippen LogP) is 2.30. The fourth-order valence-corrected chi connectivity index (χ4v) is 1.89. The molecule has 0 bridgehead atoms. The maximum Gasteiger partial charge on any atom is 0.328 e. The molecule has 1 aromatic rings. The van der Waals surface area contributed by atoms with E-state index in [1.807, 2.05) is 13.8 Å². The van der Waals surface area contributed by atoms with Crippen LogP contribution >= 0.6 is 0 Å². The number of esters is 1. The fraction of sp³-hybridized carbons (Fsp3) is 0.500. The molecule has 2 atom stereocenters. The van der Waals surface area contributed by atoms with Gasteiger partial charge in [-0.3, -0.25) is 4.79 Å². The molecule has 0 aliphatic heterocycles. The summed E-state index contributed by atoms with van der Waals surface area (Å²) in [5, 5.41) is 2.62. The van der Waals surface area contributed by atoms with Gasteiger partial charge in [0, 0.05) is 0 Å². The van der Waals surface area contributed by atoms with Crippen LogP contribution in [-0.2, 0) is 14.3 Å². The summed E-state index contributed by atoms with van der Waals surface area (Å²) >= 11 is 0. The van der Waals surface area contributed by atoms with Crippen molar-refractivity contribution in [3.05, 3.63) is 30.1 Å². The molecule has 0 unspecified atom stereocenters. The van der Waals surface area contributed by atoms with E-state index in [0.29, 0.717) is 12.2 Å². The number of ether oxygens (including phenoxy) is 2. The van der Waals surface area contributed by atoms with E-state index in [1.165, 1.54) is 31.4 Å². The highest BCUT2D eigenvalue weighted by Gasteiger charge is 2.25. The number of rotatable bonds is 7. The molecule has 1 amide bonds. The molecule has 122 valence electrons. The molecule has 5 nitrogen and oxygen atoms in total. The Morgan fingerprint density at radius 2 is 1.77 bits per heavy atom. The molecule has 1 aromatic carbocycles. The Bertz CT molecular complexity index is 501. The molecular formula is C16H22FNO4. The minimum atomic E-state index is -0.815. The van der Waals surface area contributed by atoms with Crippen molar-refractivity contribution in [3.8, 4) is 5.75 Å². The van der Waals surface area contributed by atoms with E-state index in [1.54, 1.807) is 6.92 Å². The molecule has 6 heteroatoms. The zero-order chi connectivity index (χ0) is 16.7. The molecule has 0 spiro atoms. The molecule has 0 saturated heterocycles. The molecule has 0 aliphatic rings. The Morgan fingerprint density at radius 1 is 1.18 bits per heavy atom. The summed E-state index contributed by atoms with van der Waals surface area (Å²) in [6, 6.07) is 4.65. The van der Waals surface area contributed by atoms with Crippen molar-refractivity contribution in [2.45, 2.75) is 39.3 Å². The van der Waals surface area contributed by atoms with Gasteiger partial charge in [0.2, 0.25) is 0 Å². The lowest BCUT2D eigenvalue weighted by atomic mass is 10.0. The molecule has 0 aliphatic carbocycles. The van der Waals surface area contributed by atoms with E-state index >= 15 is 0 Å². The van der Waals surface area contributed by atoms with Crippen LogP contribution in [0, 0.1) is 11.7 Å². The summed E-state index contributed by atoms with van der Waals surface area (Å²) in [6.07, 6.45) is -0.341. The van der Waals surface area contributed by atoms with Crippen LogP contribution in [0.15, 0.2) is 24.3 Å². The third-order valence-electron chi connectivity index (χ3n) is 3.01. The van der Waals surface area contributed by atoms with Gasteiger partial charge in [0.25, 0.3) is 5.91 Å². The van der Waals surface area contributed by atoms with Crippen LogP contribution < -0.4 is 10.1 Å². The minimum absolute atomic E-state index is 0.220. The quantitative estimate of drug-likeness (QED) is 0.785. The SMILES string of the molecule is COC(=O)[C@H](CC(C)C)NC(=O)[C@H](C)Oc1ccc(F)cc1. The Kier molecular flexibility index (Phi) is 6.82. The summed E-state index contributed by atoms with van der Waals surface area (Å²) in [5.74, 6) is -0.705. The van der Waals surface area contributed by atoms with E-state index in [-0.39, 0.29) is 11.7 Å². The largest absolute Gasteiger partial charge is 0.481 e. The average Bonchev–Trinajstić information content (AvgIpc) is 2.47. The number of methoxy groups -OCH3 is 1. The van der Waals surface area contributed by atoms with Crippen LogP contribution in [0.2, 0.25) is 0 Å². The van der Waals surface area contributed by atoms with Crippen molar-refractivity contribution in [1.29, 1.82) is 0 Å². The van der Waals surface area contributed by atoms with Crippen LogP contribution in [0.4, 0.5) is 4.39 Å². The molecular weight excluding hydrogens is 289 g/mol. The van der Waals surface area contributed by atoms with Gasteiger partial charge in [0.1, 0.15) is 17.6 Å². The maximum atomic E-state index is 12.8. The number of hydrogen-bond donors (Lipinski definition) is 1. The monoisotopic (exact) mass is 311 g/mol. The summed E-state index contributed by atoms with van der Waals surface area (Å²) in [4.78, 5) is 23.8. The molecule has 0 radical (unpaired) electrons. The van der Waals surface area contributed by atoms with E-state index in [0.717, 1.165) is 0 Å². The number of amides is 1. The second-order valence-corrected chi connectivity index (χ2v) is 5.43. The second-order valence-electron chi connectivity index (χ2n) is 5.43. The summed E-state index contributed by atoms with van der Waals surface area (Å²) in [7, 11) is 1.28. The smallest absolute Gasteiger partial charge is 0.328 e. The van der Waals surface area contributed by atoms with Gasteiger partial charge >= 0.3 is 5.97 Å². The van der Waals surface area contributed by atoms with E-state index in [4.69, 9.17) is 4.74 Å². The molecule has 1 rings (SSSR count). The van der Waals surface area contributed by atoms with Crippen molar-refractivity contribution in [2.24, 2.45) is 5.92 Å². The minimum Gasteiger partial charge on any atom is -0.481 e. The van der Waals surface area contributed by atoms with Crippen molar-refractivity contribution in [1.82, 2.24) is 5.32 Å². The van der Waals surface area contributed by atoms with Gasteiger partial charge in [-0.25, -0.2) is 9.18 Å². The van der Waals surface area contributed by atoms with Gasteiger partial charge in [0.05, 0.1) is 7.11 Å². The van der Waals surface area contributed by atoms with Crippen LogP contribution in [0.3, 0.4) is 0 Å². The third kappa shape index (κ3) is 5.71. The number of carbonyl (C=O) groups excluding carboxylic acids is 2. The summed E-state index contributed by atoms with van der Waals surface area (Å²) < 4.78 is 22.9. The highest BCUT2D eigenvalue weighted by Crippen LogP contribution is 2.13. The second kappa shape index (κ2) is 8.36. The highest BCUT2D eigenvalue weighted by atomic mass is 19.1. The fourth-order valence-electron chi connectivity index (χ4n) is 1.89. The predicted molar refractivity (Wildman–Crippen MR) is 79.9 cm³/mol. The van der Waals surface area contributed by atoms with Gasteiger partial charge in [-0.05, 0) is 43.5 Å². The lowest BCUT2D eigenvalue weighted by Crippen LogP contribution is -2.47.